The normalized spacial score (nSPS) is 17.3. The third-order valence-electron chi connectivity index (χ3n) is 9.80. The fourth-order valence-corrected chi connectivity index (χ4v) is 6.50. The van der Waals surface area contributed by atoms with Gasteiger partial charge in [0, 0.05) is 18.8 Å². The van der Waals surface area contributed by atoms with Crippen LogP contribution in [-0.4, -0.2) is 53.4 Å². The molecule has 51 heavy (non-hydrogen) atoms. The Kier molecular flexibility index (Phi) is 29.7. The highest BCUT2D eigenvalue weighted by Gasteiger charge is 2.27. The fourth-order valence-electron chi connectivity index (χ4n) is 6.50. The van der Waals surface area contributed by atoms with Gasteiger partial charge in [-0.05, 0) is 50.0 Å². The molecule has 0 heterocycles. The Balaban J connectivity index is 1.96. The topological polar surface area (TPSA) is 110 Å². The third kappa shape index (κ3) is 28.0. The Morgan fingerprint density at radius 3 is 1.76 bits per heavy atom. The van der Waals surface area contributed by atoms with Crippen LogP contribution in [0.2, 0.25) is 0 Å². The molecule has 0 saturated heterocycles. The van der Waals surface area contributed by atoms with E-state index >= 15 is 0 Å². The molecule has 0 aromatic rings. The van der Waals surface area contributed by atoms with Crippen molar-refractivity contribution >= 4 is 17.7 Å². The second-order valence-corrected chi connectivity index (χ2v) is 15.3. The third-order valence-corrected chi connectivity index (χ3v) is 9.80. The van der Waals surface area contributed by atoms with E-state index in [9.17, 15) is 24.6 Å². The van der Waals surface area contributed by atoms with E-state index in [-0.39, 0.29) is 49.2 Å². The average molecular weight is 717 g/mol. The van der Waals surface area contributed by atoms with E-state index in [0.717, 1.165) is 57.3 Å². The minimum Gasteiger partial charge on any atom is -0.463 e. The molecule has 0 unspecified atom stereocenters. The van der Waals surface area contributed by atoms with Crippen LogP contribution >= 0.6 is 0 Å². The first-order valence-corrected chi connectivity index (χ1v) is 21.0. The molecular formula is C44H76O7. The van der Waals surface area contributed by atoms with Crippen LogP contribution < -0.4 is 0 Å². The Morgan fingerprint density at radius 2 is 1.22 bits per heavy atom. The van der Waals surface area contributed by atoms with Crippen LogP contribution in [0, 0.1) is 17.8 Å². The van der Waals surface area contributed by atoms with Gasteiger partial charge < -0.3 is 19.7 Å². The van der Waals surface area contributed by atoms with Crippen molar-refractivity contribution in [2.75, 3.05) is 13.2 Å². The molecule has 4 atom stereocenters. The van der Waals surface area contributed by atoms with Gasteiger partial charge in [-0.15, -0.1) is 0 Å². The number of rotatable bonds is 34. The highest BCUT2D eigenvalue weighted by Crippen LogP contribution is 2.27. The largest absolute Gasteiger partial charge is 0.463 e. The van der Waals surface area contributed by atoms with Gasteiger partial charge in [0.15, 0.2) is 5.78 Å². The fraction of sp³-hybridized carbons (Fsp3) is 0.795. The van der Waals surface area contributed by atoms with Crippen molar-refractivity contribution in [3.63, 3.8) is 0 Å². The van der Waals surface area contributed by atoms with Gasteiger partial charge in [0.05, 0.1) is 6.10 Å². The van der Waals surface area contributed by atoms with Crippen molar-refractivity contribution in [1.82, 2.24) is 0 Å². The lowest BCUT2D eigenvalue weighted by Gasteiger charge is -2.13. The number of unbranched alkanes of at least 4 members (excludes halogenated alkanes) is 17. The standard InChI is InChI=1S/C44H76O7/c1-4-5-21-28-39(45)32-33-41-38(31-34-42(41)47)27-23-19-20-25-30-44(49)51-36-40(46)35-50-43(48)29-24-18-16-14-12-10-8-6-7-9-11-13-15-17-22-26-37(2)3/h19,23,31-34,37-41,45-46H,4-18,20-22,24-30,35-36H2,1-3H3/b23-19-,33-32+/t38-,39-,40+,41+/m0/s1. The van der Waals surface area contributed by atoms with Crippen molar-refractivity contribution in [3.05, 3.63) is 36.5 Å². The highest BCUT2D eigenvalue weighted by atomic mass is 16.6. The van der Waals surface area contributed by atoms with E-state index in [0.29, 0.717) is 19.3 Å². The summed E-state index contributed by atoms with van der Waals surface area (Å²) in [6, 6.07) is 0. The first-order valence-electron chi connectivity index (χ1n) is 21.0. The van der Waals surface area contributed by atoms with E-state index < -0.39 is 12.2 Å². The summed E-state index contributed by atoms with van der Waals surface area (Å²) in [6.45, 7) is 6.40. The van der Waals surface area contributed by atoms with Gasteiger partial charge in [-0.3, -0.25) is 14.4 Å². The maximum atomic E-state index is 12.3. The van der Waals surface area contributed by atoms with E-state index in [1.54, 1.807) is 12.2 Å². The monoisotopic (exact) mass is 717 g/mol. The molecule has 0 bridgehead atoms. The zero-order valence-electron chi connectivity index (χ0n) is 32.9. The first-order chi connectivity index (χ1) is 24.7. The van der Waals surface area contributed by atoms with Gasteiger partial charge >= 0.3 is 11.9 Å². The van der Waals surface area contributed by atoms with Crippen LogP contribution in [-0.2, 0) is 23.9 Å². The zero-order chi connectivity index (χ0) is 37.4. The Hall–Kier alpha value is -2.25. The van der Waals surface area contributed by atoms with Crippen LogP contribution in [0.4, 0.5) is 0 Å². The highest BCUT2D eigenvalue weighted by molar-refractivity contribution is 5.95. The Bertz CT molecular complexity index is 969. The number of esters is 2. The smallest absolute Gasteiger partial charge is 0.305 e. The maximum absolute atomic E-state index is 12.3. The van der Waals surface area contributed by atoms with Crippen molar-refractivity contribution in [1.29, 1.82) is 0 Å². The second-order valence-electron chi connectivity index (χ2n) is 15.3. The average Bonchev–Trinajstić information content (AvgIpc) is 3.46. The number of hydrogen-bond acceptors (Lipinski definition) is 7. The quantitative estimate of drug-likeness (QED) is 0.0387. The van der Waals surface area contributed by atoms with Gasteiger partial charge in [0.2, 0.25) is 0 Å². The van der Waals surface area contributed by atoms with Crippen LogP contribution in [0.1, 0.15) is 181 Å². The molecule has 7 nitrogen and oxygen atoms in total. The predicted molar refractivity (Wildman–Crippen MR) is 209 cm³/mol. The van der Waals surface area contributed by atoms with Crippen LogP contribution in [0.25, 0.3) is 0 Å². The van der Waals surface area contributed by atoms with E-state index in [1.165, 1.54) is 83.5 Å². The lowest BCUT2D eigenvalue weighted by Crippen LogP contribution is -2.25. The lowest BCUT2D eigenvalue weighted by atomic mass is 9.90. The van der Waals surface area contributed by atoms with Crippen molar-refractivity contribution in [2.45, 2.75) is 193 Å². The molecule has 294 valence electrons. The summed E-state index contributed by atoms with van der Waals surface area (Å²) >= 11 is 0. The summed E-state index contributed by atoms with van der Waals surface area (Å²) in [5.74, 6) is 0.0608. The predicted octanol–water partition coefficient (Wildman–Crippen LogP) is 10.7. The number of ketones is 1. The maximum Gasteiger partial charge on any atom is 0.305 e. The summed E-state index contributed by atoms with van der Waals surface area (Å²) in [7, 11) is 0. The number of carbonyl (C=O) groups excluding carboxylic acids is 3. The Labute approximate surface area is 312 Å². The number of aliphatic hydroxyl groups excluding tert-OH is 2. The summed E-state index contributed by atoms with van der Waals surface area (Å²) in [5.41, 5.74) is 0. The van der Waals surface area contributed by atoms with Crippen LogP contribution in [0.15, 0.2) is 36.5 Å². The second kappa shape index (κ2) is 32.4. The molecule has 0 amide bonds. The van der Waals surface area contributed by atoms with Gasteiger partial charge in [0.1, 0.15) is 19.3 Å². The Morgan fingerprint density at radius 1 is 0.706 bits per heavy atom. The summed E-state index contributed by atoms with van der Waals surface area (Å²) < 4.78 is 10.3. The molecule has 2 N–H and O–H groups in total. The molecule has 7 heteroatoms. The van der Waals surface area contributed by atoms with Crippen molar-refractivity contribution < 1.29 is 34.1 Å². The van der Waals surface area contributed by atoms with Gasteiger partial charge in [-0.1, -0.05) is 167 Å². The summed E-state index contributed by atoms with van der Waals surface area (Å²) in [4.78, 5) is 36.4. The van der Waals surface area contributed by atoms with E-state index in [2.05, 4.69) is 20.8 Å². The lowest BCUT2D eigenvalue weighted by molar-refractivity contribution is -0.152. The van der Waals surface area contributed by atoms with Gasteiger partial charge in [-0.2, -0.15) is 0 Å². The molecule has 1 aliphatic rings. The first kappa shape index (κ1) is 46.8. The minimum atomic E-state index is -1.03. The van der Waals surface area contributed by atoms with Crippen molar-refractivity contribution in [2.24, 2.45) is 17.8 Å². The number of aliphatic hydroxyl groups is 2. The van der Waals surface area contributed by atoms with Crippen LogP contribution in [0.3, 0.4) is 0 Å². The van der Waals surface area contributed by atoms with Crippen LogP contribution in [0.5, 0.6) is 0 Å². The van der Waals surface area contributed by atoms with Gasteiger partial charge in [0.25, 0.3) is 0 Å². The number of hydrogen-bond donors (Lipinski definition) is 2. The summed E-state index contributed by atoms with van der Waals surface area (Å²) in [6.07, 6.45) is 36.8. The molecule has 0 fully saturated rings. The molecule has 0 aliphatic heterocycles. The molecule has 1 aliphatic carbocycles. The molecule has 0 spiro atoms. The number of ether oxygens (including phenoxy) is 2. The SMILES string of the molecule is CCCCC[C@H](O)/C=C/[C@H]1C(=O)C=C[C@@H]1C/C=C\CCCC(=O)OC[C@H](O)COC(=O)CCCCCCCCCCCCCCCCCC(C)C. The summed E-state index contributed by atoms with van der Waals surface area (Å²) in [5, 5.41) is 20.2. The van der Waals surface area contributed by atoms with E-state index in [4.69, 9.17) is 9.47 Å². The number of allylic oxidation sites excluding steroid dienone is 5. The van der Waals surface area contributed by atoms with Gasteiger partial charge in [-0.25, -0.2) is 0 Å². The minimum absolute atomic E-state index is 0.0746. The van der Waals surface area contributed by atoms with E-state index in [1.807, 2.05) is 24.3 Å². The van der Waals surface area contributed by atoms with Crippen molar-refractivity contribution in [3.8, 4) is 0 Å². The zero-order valence-corrected chi connectivity index (χ0v) is 32.9. The molecular weight excluding hydrogens is 640 g/mol. The molecule has 0 aromatic heterocycles. The molecule has 1 rings (SSSR count). The molecule has 0 radical (unpaired) electrons. The molecule has 0 saturated carbocycles. The molecule has 0 aromatic carbocycles. The number of carbonyl (C=O) groups is 3.